The number of rotatable bonds is 5. The normalized spacial score (nSPS) is 27.9. The summed E-state index contributed by atoms with van der Waals surface area (Å²) in [4.78, 5) is 17.8. The van der Waals surface area contributed by atoms with E-state index >= 15 is 4.39 Å². The Morgan fingerprint density at radius 2 is 1.98 bits per heavy atom. The van der Waals surface area contributed by atoms with Gasteiger partial charge in [0.05, 0.1) is 16.5 Å². The molecule has 3 saturated heterocycles. The lowest BCUT2D eigenvalue weighted by Gasteiger charge is -2.31. The van der Waals surface area contributed by atoms with Crippen molar-refractivity contribution < 1.29 is 23.0 Å². The average Bonchev–Trinajstić information content (AvgIpc) is 3.36. The van der Waals surface area contributed by atoms with Gasteiger partial charge >= 0.3 is 6.01 Å². The summed E-state index contributed by atoms with van der Waals surface area (Å²) in [6.07, 6.45) is 8.36. The van der Waals surface area contributed by atoms with Crippen molar-refractivity contribution in [2.24, 2.45) is 17.6 Å². The highest BCUT2D eigenvalue weighted by Crippen LogP contribution is 2.47. The molecule has 4 aliphatic rings. The van der Waals surface area contributed by atoms with Gasteiger partial charge in [-0.05, 0) is 54.8 Å². The number of hydrogen-bond acceptors (Lipinski definition) is 8. The number of hydrogen-bond donors (Lipinski definition) is 2. The molecule has 3 aliphatic heterocycles. The number of ether oxygens (including phenoxy) is 1. The molecular formula is C32H29F3N6O2. The van der Waals surface area contributed by atoms with E-state index in [9.17, 15) is 13.9 Å². The molecule has 0 unspecified atom stereocenters. The van der Waals surface area contributed by atoms with Crippen molar-refractivity contribution >= 4 is 27.5 Å². The first-order chi connectivity index (χ1) is 20.8. The minimum atomic E-state index is -0.918. The van der Waals surface area contributed by atoms with Gasteiger partial charge in [-0.3, -0.25) is 9.88 Å². The smallest absolute Gasteiger partial charge is 0.319 e. The van der Waals surface area contributed by atoms with Gasteiger partial charge in [0.2, 0.25) is 0 Å². The third-order valence-corrected chi connectivity index (χ3v) is 9.89. The lowest BCUT2D eigenvalue weighted by atomic mass is 9.95. The molecule has 0 bridgehead atoms. The minimum Gasteiger partial charge on any atom is -0.508 e. The van der Waals surface area contributed by atoms with Crippen LogP contribution in [0.1, 0.15) is 24.8 Å². The predicted molar refractivity (Wildman–Crippen MR) is 156 cm³/mol. The predicted octanol–water partition coefficient (Wildman–Crippen LogP) is 4.16. The first kappa shape index (κ1) is 26.5. The summed E-state index contributed by atoms with van der Waals surface area (Å²) in [5.41, 5.74) is 5.65. The second kappa shape index (κ2) is 9.43. The lowest BCUT2D eigenvalue weighted by Crippen LogP contribution is -2.43. The first-order valence-electron chi connectivity index (χ1n) is 14.6. The number of nitrogens with zero attached hydrogens (tertiary/aromatic N) is 5. The summed E-state index contributed by atoms with van der Waals surface area (Å²) in [5, 5.41) is 11.6. The van der Waals surface area contributed by atoms with Crippen LogP contribution < -0.4 is 15.4 Å². The van der Waals surface area contributed by atoms with Gasteiger partial charge in [-0.1, -0.05) is 12.0 Å². The molecule has 11 heteroatoms. The van der Waals surface area contributed by atoms with Gasteiger partial charge in [0, 0.05) is 49.2 Å². The number of benzene rings is 2. The quantitative estimate of drug-likeness (QED) is 0.337. The highest BCUT2D eigenvalue weighted by molar-refractivity contribution is 6.03. The highest BCUT2D eigenvalue weighted by Gasteiger charge is 2.54. The zero-order valence-corrected chi connectivity index (χ0v) is 23.2. The Bertz CT molecular complexity index is 1850. The fraction of sp³-hybridized carbons (Fsp3) is 0.406. The van der Waals surface area contributed by atoms with Gasteiger partial charge in [-0.2, -0.15) is 9.97 Å². The third-order valence-electron chi connectivity index (χ3n) is 9.89. The summed E-state index contributed by atoms with van der Waals surface area (Å²) in [6.45, 7) is 2.72. The van der Waals surface area contributed by atoms with Crippen molar-refractivity contribution in [1.82, 2.24) is 19.9 Å². The SMILES string of the molecule is C#Cc1c(F)ccc2cc(O)cc(-c3ncc4c(N5C[C@@H]6[C@H](N)[C@@H]6C5)nc(OC[C@@]56CCCN5C[C@H](F)C6)nc4c3F)c12. The standard InChI is InChI=1S/C32H29F3N6O2/c1-2-19-24(34)5-4-16-8-18(42)9-20(25(16)19)28-26(35)29-21(11-37-28)30(40-13-22-23(14-40)27(22)36)39-31(38-29)43-15-32-6-3-7-41(32)12-17(33)10-32/h1,4-5,8-9,11,17,22-23,27,42H,3,6-7,10,12-15,36H2/t17-,22-,23+,27-,32+/m1/s1. The van der Waals surface area contributed by atoms with Crippen LogP contribution in [0.5, 0.6) is 11.8 Å². The summed E-state index contributed by atoms with van der Waals surface area (Å²) in [6, 6.07) is 5.57. The minimum absolute atomic E-state index is 0.0110. The number of fused-ring (bicyclic) bond motifs is 4. The number of alkyl halides is 1. The van der Waals surface area contributed by atoms with E-state index in [0.29, 0.717) is 54.5 Å². The summed E-state index contributed by atoms with van der Waals surface area (Å²) in [5.74, 6) is 1.95. The highest BCUT2D eigenvalue weighted by atomic mass is 19.1. The van der Waals surface area contributed by atoms with Gasteiger partial charge < -0.3 is 20.5 Å². The van der Waals surface area contributed by atoms with Gasteiger partial charge in [0.1, 0.15) is 41.4 Å². The van der Waals surface area contributed by atoms with Crippen LogP contribution in [0.3, 0.4) is 0 Å². The van der Waals surface area contributed by atoms with Gasteiger partial charge in [-0.15, -0.1) is 6.42 Å². The van der Waals surface area contributed by atoms with Crippen molar-refractivity contribution in [3.05, 3.63) is 47.7 Å². The fourth-order valence-electron chi connectivity index (χ4n) is 7.66. The number of piperidine rings is 1. The molecular weight excluding hydrogens is 557 g/mol. The monoisotopic (exact) mass is 586 g/mol. The molecule has 0 spiro atoms. The van der Waals surface area contributed by atoms with E-state index in [-0.39, 0.29) is 52.1 Å². The van der Waals surface area contributed by atoms with E-state index in [1.165, 1.54) is 30.5 Å². The molecule has 8 rings (SSSR count). The molecule has 5 atom stereocenters. The second-order valence-electron chi connectivity index (χ2n) is 12.3. The fourth-order valence-corrected chi connectivity index (χ4v) is 7.66. The number of halogens is 3. The van der Waals surface area contributed by atoms with Crippen LogP contribution >= 0.6 is 0 Å². The number of pyridine rings is 1. The summed E-state index contributed by atoms with van der Waals surface area (Å²) >= 11 is 0. The Morgan fingerprint density at radius 3 is 2.77 bits per heavy atom. The Balaban J connectivity index is 1.27. The Labute approximate surface area is 245 Å². The van der Waals surface area contributed by atoms with E-state index in [0.717, 1.165) is 19.4 Å². The van der Waals surface area contributed by atoms with Crippen LogP contribution in [0.15, 0.2) is 30.5 Å². The van der Waals surface area contributed by atoms with Crippen molar-refractivity contribution in [2.75, 3.05) is 37.7 Å². The van der Waals surface area contributed by atoms with Crippen molar-refractivity contribution in [2.45, 2.75) is 37.0 Å². The number of aromatic hydroxyl groups is 1. The van der Waals surface area contributed by atoms with Crippen molar-refractivity contribution in [3.8, 4) is 35.4 Å². The maximum Gasteiger partial charge on any atom is 0.319 e. The molecule has 3 N–H and O–H groups in total. The number of phenolic OH excluding ortho intramolecular Hbond substituents is 1. The number of anilines is 1. The van der Waals surface area contributed by atoms with Gasteiger partial charge in [-0.25, -0.2) is 13.2 Å². The molecule has 2 aromatic carbocycles. The molecule has 1 aliphatic carbocycles. The second-order valence-corrected chi connectivity index (χ2v) is 12.3. The molecule has 5 heterocycles. The third kappa shape index (κ3) is 4.03. The Kier molecular flexibility index (Phi) is 5.81. The van der Waals surface area contributed by atoms with E-state index in [1.54, 1.807) is 0 Å². The van der Waals surface area contributed by atoms with E-state index in [4.69, 9.17) is 21.9 Å². The number of phenols is 1. The van der Waals surface area contributed by atoms with Crippen molar-refractivity contribution in [3.63, 3.8) is 0 Å². The zero-order chi connectivity index (χ0) is 29.6. The largest absolute Gasteiger partial charge is 0.508 e. The molecule has 43 heavy (non-hydrogen) atoms. The zero-order valence-electron chi connectivity index (χ0n) is 23.2. The van der Waals surface area contributed by atoms with Crippen molar-refractivity contribution in [1.29, 1.82) is 0 Å². The van der Waals surface area contributed by atoms with Gasteiger partial charge in [0.15, 0.2) is 5.82 Å². The number of aromatic nitrogens is 3. The maximum absolute atomic E-state index is 16.6. The molecule has 220 valence electrons. The number of terminal acetylenes is 1. The van der Waals surface area contributed by atoms with Crippen LogP contribution in [-0.2, 0) is 0 Å². The molecule has 1 saturated carbocycles. The van der Waals surface area contributed by atoms with E-state index in [2.05, 4.69) is 25.7 Å². The van der Waals surface area contributed by atoms with Gasteiger partial charge in [0.25, 0.3) is 0 Å². The summed E-state index contributed by atoms with van der Waals surface area (Å²) < 4.78 is 51.9. The molecule has 0 amide bonds. The maximum atomic E-state index is 16.6. The van der Waals surface area contributed by atoms with Crippen LogP contribution in [0, 0.1) is 35.8 Å². The summed E-state index contributed by atoms with van der Waals surface area (Å²) in [7, 11) is 0. The number of nitrogens with two attached hydrogens (primary N) is 1. The Hall–Kier alpha value is -4.14. The molecule has 8 nitrogen and oxygen atoms in total. The molecule has 2 aromatic heterocycles. The molecule has 0 radical (unpaired) electrons. The topological polar surface area (TPSA) is 101 Å². The first-order valence-corrected chi connectivity index (χ1v) is 14.6. The van der Waals surface area contributed by atoms with E-state index in [1.807, 2.05) is 0 Å². The van der Waals surface area contributed by atoms with Crippen LogP contribution in [0.2, 0.25) is 0 Å². The van der Waals surface area contributed by atoms with Crippen LogP contribution in [0.25, 0.3) is 32.9 Å². The molecule has 4 aromatic rings. The van der Waals surface area contributed by atoms with Crippen LogP contribution in [0.4, 0.5) is 19.0 Å². The Morgan fingerprint density at radius 1 is 1.16 bits per heavy atom. The van der Waals surface area contributed by atoms with Crippen LogP contribution in [-0.4, -0.2) is 75.5 Å². The average molecular weight is 587 g/mol. The van der Waals surface area contributed by atoms with E-state index < -0.39 is 23.3 Å². The lowest BCUT2D eigenvalue weighted by molar-refractivity contribution is 0.107. The molecule has 4 fully saturated rings.